The van der Waals surface area contributed by atoms with Gasteiger partial charge in [0, 0.05) is 24.4 Å². The number of phenols is 1. The summed E-state index contributed by atoms with van der Waals surface area (Å²) in [4.78, 5) is 7.69. The van der Waals surface area contributed by atoms with Crippen LogP contribution in [0.5, 0.6) is 5.75 Å². The summed E-state index contributed by atoms with van der Waals surface area (Å²) in [5.41, 5.74) is 3.76. The van der Waals surface area contributed by atoms with Crippen LogP contribution in [-0.2, 0) is 0 Å². The highest BCUT2D eigenvalue weighted by Gasteiger charge is 2.05. The minimum Gasteiger partial charge on any atom is -0.508 e. The highest BCUT2D eigenvalue weighted by molar-refractivity contribution is 5.80. The van der Waals surface area contributed by atoms with Crippen LogP contribution in [0.4, 0.5) is 5.69 Å². The quantitative estimate of drug-likeness (QED) is 0.644. The molecule has 0 saturated carbocycles. The number of fused-ring (bicyclic) bond motifs is 1. The number of anilines is 1. The van der Waals surface area contributed by atoms with Gasteiger partial charge in [0.1, 0.15) is 11.6 Å². The van der Waals surface area contributed by atoms with E-state index in [0.29, 0.717) is 0 Å². The van der Waals surface area contributed by atoms with Gasteiger partial charge in [-0.25, -0.2) is 4.98 Å². The molecule has 4 heteroatoms. The molecule has 0 bridgehead atoms. The molecular formula is C14H13N3O. The number of aromatic hydroxyl groups is 1. The Kier molecular flexibility index (Phi) is 2.41. The average molecular weight is 239 g/mol. The standard InChI is InChI=1S/C14H13N3O/c1-15-10-4-2-9(3-5-10)14-16-12-7-6-11(18)8-13(12)17-14/h2-8,15,18H,1H3,(H,16,17). The van der Waals surface area contributed by atoms with Crippen LogP contribution in [0.15, 0.2) is 42.5 Å². The molecule has 18 heavy (non-hydrogen) atoms. The van der Waals surface area contributed by atoms with Crippen molar-refractivity contribution in [2.24, 2.45) is 0 Å². The van der Waals surface area contributed by atoms with Crippen molar-refractivity contribution in [1.29, 1.82) is 0 Å². The van der Waals surface area contributed by atoms with E-state index in [2.05, 4.69) is 15.3 Å². The molecule has 0 aliphatic rings. The molecule has 0 aliphatic carbocycles. The predicted octanol–water partition coefficient (Wildman–Crippen LogP) is 2.98. The van der Waals surface area contributed by atoms with Crippen LogP contribution in [0.3, 0.4) is 0 Å². The first-order valence-corrected chi connectivity index (χ1v) is 5.73. The number of aromatic nitrogens is 2. The number of rotatable bonds is 2. The SMILES string of the molecule is CNc1ccc(-c2nc3ccc(O)cc3[nH]2)cc1. The number of aromatic amines is 1. The Bertz CT molecular complexity index is 686. The summed E-state index contributed by atoms with van der Waals surface area (Å²) in [6.07, 6.45) is 0. The molecule has 1 aromatic heterocycles. The third kappa shape index (κ3) is 1.78. The third-order valence-electron chi connectivity index (χ3n) is 2.91. The zero-order valence-electron chi connectivity index (χ0n) is 9.94. The lowest BCUT2D eigenvalue weighted by Gasteiger charge is -2.00. The predicted molar refractivity (Wildman–Crippen MR) is 72.7 cm³/mol. The van der Waals surface area contributed by atoms with E-state index < -0.39 is 0 Å². The van der Waals surface area contributed by atoms with E-state index >= 15 is 0 Å². The number of nitrogens with zero attached hydrogens (tertiary/aromatic N) is 1. The molecule has 3 N–H and O–H groups in total. The number of imidazole rings is 1. The molecule has 0 spiro atoms. The van der Waals surface area contributed by atoms with Crippen LogP contribution >= 0.6 is 0 Å². The van der Waals surface area contributed by atoms with E-state index in [-0.39, 0.29) is 5.75 Å². The molecule has 1 heterocycles. The van der Waals surface area contributed by atoms with Crippen molar-refractivity contribution < 1.29 is 5.11 Å². The van der Waals surface area contributed by atoms with Crippen LogP contribution in [0.1, 0.15) is 0 Å². The summed E-state index contributed by atoms with van der Waals surface area (Å²) < 4.78 is 0. The molecule has 0 saturated heterocycles. The van der Waals surface area contributed by atoms with Gasteiger partial charge < -0.3 is 15.4 Å². The van der Waals surface area contributed by atoms with E-state index in [4.69, 9.17) is 0 Å². The fourth-order valence-corrected chi connectivity index (χ4v) is 1.93. The summed E-state index contributed by atoms with van der Waals surface area (Å²) in [5.74, 6) is 1.04. The zero-order chi connectivity index (χ0) is 12.5. The van der Waals surface area contributed by atoms with Crippen LogP contribution in [0.2, 0.25) is 0 Å². The van der Waals surface area contributed by atoms with Gasteiger partial charge in [-0.05, 0) is 36.4 Å². The number of phenolic OH excluding ortho intramolecular Hbond substituents is 1. The molecule has 2 aromatic carbocycles. The first-order chi connectivity index (χ1) is 8.76. The van der Waals surface area contributed by atoms with Gasteiger partial charge >= 0.3 is 0 Å². The van der Waals surface area contributed by atoms with Crippen molar-refractivity contribution in [3.63, 3.8) is 0 Å². The van der Waals surface area contributed by atoms with E-state index in [9.17, 15) is 5.11 Å². The summed E-state index contributed by atoms with van der Waals surface area (Å²) in [5, 5.41) is 12.5. The maximum Gasteiger partial charge on any atom is 0.138 e. The number of nitrogens with one attached hydrogen (secondary N) is 2. The molecule has 3 rings (SSSR count). The molecule has 0 unspecified atom stereocenters. The Morgan fingerprint density at radius 1 is 1.11 bits per heavy atom. The Morgan fingerprint density at radius 2 is 1.89 bits per heavy atom. The molecule has 0 fully saturated rings. The van der Waals surface area contributed by atoms with Crippen LogP contribution in [-0.4, -0.2) is 22.1 Å². The molecule has 3 aromatic rings. The van der Waals surface area contributed by atoms with Crippen LogP contribution in [0.25, 0.3) is 22.4 Å². The topological polar surface area (TPSA) is 60.9 Å². The van der Waals surface area contributed by atoms with Crippen molar-refractivity contribution in [2.45, 2.75) is 0 Å². The van der Waals surface area contributed by atoms with Gasteiger partial charge in [-0.1, -0.05) is 0 Å². The second-order valence-electron chi connectivity index (χ2n) is 4.11. The van der Waals surface area contributed by atoms with Crippen molar-refractivity contribution >= 4 is 16.7 Å². The molecule has 0 amide bonds. The number of benzene rings is 2. The molecule has 0 radical (unpaired) electrons. The van der Waals surface area contributed by atoms with Gasteiger partial charge in [-0.15, -0.1) is 0 Å². The second-order valence-corrected chi connectivity index (χ2v) is 4.11. The average Bonchev–Trinajstić information content (AvgIpc) is 2.81. The Labute approximate surface area is 104 Å². The maximum absolute atomic E-state index is 9.42. The van der Waals surface area contributed by atoms with Gasteiger partial charge in [0.2, 0.25) is 0 Å². The molecule has 0 atom stereocenters. The number of hydrogen-bond acceptors (Lipinski definition) is 3. The Balaban J connectivity index is 2.07. The lowest BCUT2D eigenvalue weighted by Crippen LogP contribution is -1.87. The van der Waals surface area contributed by atoms with E-state index in [0.717, 1.165) is 28.1 Å². The smallest absolute Gasteiger partial charge is 0.138 e. The first-order valence-electron chi connectivity index (χ1n) is 5.73. The maximum atomic E-state index is 9.42. The lowest BCUT2D eigenvalue weighted by atomic mass is 10.2. The monoisotopic (exact) mass is 239 g/mol. The Morgan fingerprint density at radius 3 is 2.61 bits per heavy atom. The van der Waals surface area contributed by atoms with Gasteiger partial charge in [-0.2, -0.15) is 0 Å². The van der Waals surface area contributed by atoms with Crippen molar-refractivity contribution in [3.8, 4) is 17.1 Å². The number of H-pyrrole nitrogens is 1. The van der Waals surface area contributed by atoms with Gasteiger partial charge in [0.15, 0.2) is 0 Å². The summed E-state index contributed by atoms with van der Waals surface area (Å²) >= 11 is 0. The lowest BCUT2D eigenvalue weighted by molar-refractivity contribution is 0.476. The molecule has 90 valence electrons. The summed E-state index contributed by atoms with van der Waals surface area (Å²) in [6.45, 7) is 0. The highest BCUT2D eigenvalue weighted by atomic mass is 16.3. The largest absolute Gasteiger partial charge is 0.508 e. The van der Waals surface area contributed by atoms with Gasteiger partial charge in [0.25, 0.3) is 0 Å². The van der Waals surface area contributed by atoms with Gasteiger partial charge in [0.05, 0.1) is 11.0 Å². The minimum atomic E-state index is 0.239. The zero-order valence-corrected chi connectivity index (χ0v) is 9.94. The highest BCUT2D eigenvalue weighted by Crippen LogP contribution is 2.24. The molecule has 4 nitrogen and oxygen atoms in total. The molecule has 0 aliphatic heterocycles. The third-order valence-corrected chi connectivity index (χ3v) is 2.91. The van der Waals surface area contributed by atoms with Crippen molar-refractivity contribution in [3.05, 3.63) is 42.5 Å². The van der Waals surface area contributed by atoms with E-state index in [1.165, 1.54) is 0 Å². The normalized spacial score (nSPS) is 10.7. The second kappa shape index (κ2) is 4.07. The van der Waals surface area contributed by atoms with E-state index in [1.807, 2.05) is 31.3 Å². The fourth-order valence-electron chi connectivity index (χ4n) is 1.93. The summed E-state index contributed by atoms with van der Waals surface area (Å²) in [7, 11) is 1.89. The molecular weight excluding hydrogens is 226 g/mol. The number of hydrogen-bond donors (Lipinski definition) is 3. The van der Waals surface area contributed by atoms with Crippen molar-refractivity contribution in [2.75, 3.05) is 12.4 Å². The Hall–Kier alpha value is -2.49. The summed E-state index contributed by atoms with van der Waals surface area (Å²) in [6, 6.07) is 13.1. The minimum absolute atomic E-state index is 0.239. The van der Waals surface area contributed by atoms with Crippen molar-refractivity contribution in [1.82, 2.24) is 9.97 Å². The van der Waals surface area contributed by atoms with Gasteiger partial charge in [-0.3, -0.25) is 0 Å². The first kappa shape index (κ1) is 10.7. The van der Waals surface area contributed by atoms with E-state index in [1.54, 1.807) is 18.2 Å². The van der Waals surface area contributed by atoms with Crippen LogP contribution in [0, 0.1) is 0 Å². The fraction of sp³-hybridized carbons (Fsp3) is 0.0714. The van der Waals surface area contributed by atoms with Crippen LogP contribution < -0.4 is 5.32 Å².